The van der Waals surface area contributed by atoms with Crippen LogP contribution in [0.4, 0.5) is 0 Å². The highest BCUT2D eigenvalue weighted by molar-refractivity contribution is 6.42. The van der Waals surface area contributed by atoms with E-state index in [2.05, 4.69) is 0 Å². The molecule has 0 atom stereocenters. The van der Waals surface area contributed by atoms with Crippen molar-refractivity contribution in [3.05, 3.63) is 33.8 Å². The second-order valence-electron chi connectivity index (χ2n) is 4.99. The number of aliphatic hydroxyl groups is 1. The van der Waals surface area contributed by atoms with Crippen LogP contribution in [0.15, 0.2) is 18.2 Å². The van der Waals surface area contributed by atoms with Crippen LogP contribution in [0.3, 0.4) is 0 Å². The van der Waals surface area contributed by atoms with Crippen LogP contribution < -0.4 is 5.73 Å². The Balaban J connectivity index is 2.07. The van der Waals surface area contributed by atoms with Gasteiger partial charge in [0.05, 0.1) is 15.6 Å². The first-order chi connectivity index (χ1) is 7.98. The first-order valence-corrected chi connectivity index (χ1v) is 6.66. The second-order valence-corrected chi connectivity index (χ2v) is 5.80. The Hall–Kier alpha value is -0.280. The van der Waals surface area contributed by atoms with Crippen molar-refractivity contribution in [2.75, 3.05) is 0 Å². The minimum absolute atomic E-state index is 0.240. The molecule has 1 aromatic carbocycles. The SMILES string of the molecule is NC1CCC(O)(Cc2ccc(Cl)c(Cl)c2)CC1. The summed E-state index contributed by atoms with van der Waals surface area (Å²) in [6.07, 6.45) is 3.91. The molecule has 2 nitrogen and oxygen atoms in total. The number of hydrogen-bond acceptors (Lipinski definition) is 2. The van der Waals surface area contributed by atoms with Crippen LogP contribution in [0, 0.1) is 0 Å². The average Bonchev–Trinajstić information content (AvgIpc) is 2.28. The average molecular weight is 274 g/mol. The molecule has 1 aliphatic rings. The summed E-state index contributed by atoms with van der Waals surface area (Å²) in [6, 6.07) is 5.76. The molecule has 1 saturated carbocycles. The van der Waals surface area contributed by atoms with E-state index in [-0.39, 0.29) is 6.04 Å². The molecule has 0 heterocycles. The number of benzene rings is 1. The van der Waals surface area contributed by atoms with Gasteiger partial charge in [-0.2, -0.15) is 0 Å². The lowest BCUT2D eigenvalue weighted by atomic mass is 9.79. The van der Waals surface area contributed by atoms with Crippen LogP contribution in [0.25, 0.3) is 0 Å². The fourth-order valence-corrected chi connectivity index (χ4v) is 2.70. The van der Waals surface area contributed by atoms with Gasteiger partial charge in [-0.1, -0.05) is 29.3 Å². The standard InChI is InChI=1S/C13H17Cl2NO/c14-11-2-1-9(7-12(11)15)8-13(17)5-3-10(16)4-6-13/h1-2,7,10,17H,3-6,8,16H2. The summed E-state index contributed by atoms with van der Waals surface area (Å²) in [5.41, 5.74) is 6.24. The van der Waals surface area contributed by atoms with Gasteiger partial charge in [-0.3, -0.25) is 0 Å². The Morgan fingerprint density at radius 1 is 1.24 bits per heavy atom. The summed E-state index contributed by atoms with van der Waals surface area (Å²) in [5, 5.41) is 11.6. The summed E-state index contributed by atoms with van der Waals surface area (Å²) in [5.74, 6) is 0. The molecule has 0 bridgehead atoms. The normalized spacial score (nSPS) is 29.3. The number of rotatable bonds is 2. The number of halogens is 2. The molecule has 1 aromatic rings. The maximum absolute atomic E-state index is 10.5. The predicted octanol–water partition coefficient (Wildman–Crippen LogP) is 3.17. The largest absolute Gasteiger partial charge is 0.390 e. The molecule has 17 heavy (non-hydrogen) atoms. The van der Waals surface area contributed by atoms with Gasteiger partial charge in [0.2, 0.25) is 0 Å². The van der Waals surface area contributed by atoms with Crippen LogP contribution in [-0.4, -0.2) is 16.7 Å². The Labute approximate surface area is 112 Å². The quantitative estimate of drug-likeness (QED) is 0.870. The molecular weight excluding hydrogens is 257 g/mol. The summed E-state index contributed by atoms with van der Waals surface area (Å²) >= 11 is 11.8. The first kappa shape index (κ1) is 13.2. The third-order valence-electron chi connectivity index (χ3n) is 3.48. The molecule has 0 spiro atoms. The summed E-state index contributed by atoms with van der Waals surface area (Å²) in [4.78, 5) is 0. The summed E-state index contributed by atoms with van der Waals surface area (Å²) < 4.78 is 0. The zero-order valence-electron chi connectivity index (χ0n) is 9.63. The van der Waals surface area contributed by atoms with Crippen LogP contribution in [0.5, 0.6) is 0 Å². The van der Waals surface area contributed by atoms with Crippen molar-refractivity contribution in [3.63, 3.8) is 0 Å². The fourth-order valence-electron chi connectivity index (χ4n) is 2.38. The molecule has 3 N–H and O–H groups in total. The van der Waals surface area contributed by atoms with E-state index in [1.165, 1.54) is 0 Å². The van der Waals surface area contributed by atoms with E-state index in [1.54, 1.807) is 6.07 Å². The molecule has 2 rings (SSSR count). The van der Waals surface area contributed by atoms with Crippen molar-refractivity contribution in [2.24, 2.45) is 5.73 Å². The van der Waals surface area contributed by atoms with Crippen LogP contribution in [0.1, 0.15) is 31.2 Å². The number of nitrogens with two attached hydrogens (primary N) is 1. The zero-order valence-corrected chi connectivity index (χ0v) is 11.1. The summed E-state index contributed by atoms with van der Waals surface area (Å²) in [7, 11) is 0. The van der Waals surface area contributed by atoms with Crippen molar-refractivity contribution in [2.45, 2.75) is 43.7 Å². The highest BCUT2D eigenvalue weighted by Crippen LogP contribution is 2.32. The van der Waals surface area contributed by atoms with Gasteiger partial charge in [0.25, 0.3) is 0 Å². The third kappa shape index (κ3) is 3.35. The van der Waals surface area contributed by atoms with Crippen LogP contribution in [0.2, 0.25) is 10.0 Å². The van der Waals surface area contributed by atoms with Gasteiger partial charge in [0.1, 0.15) is 0 Å². The van der Waals surface area contributed by atoms with Gasteiger partial charge < -0.3 is 10.8 Å². The van der Waals surface area contributed by atoms with Gasteiger partial charge >= 0.3 is 0 Å². The van der Waals surface area contributed by atoms with Crippen molar-refractivity contribution >= 4 is 23.2 Å². The minimum atomic E-state index is -0.632. The van der Waals surface area contributed by atoms with Crippen LogP contribution >= 0.6 is 23.2 Å². The van der Waals surface area contributed by atoms with Crippen molar-refractivity contribution in [3.8, 4) is 0 Å². The van der Waals surface area contributed by atoms with Crippen molar-refractivity contribution < 1.29 is 5.11 Å². The Morgan fingerprint density at radius 2 is 1.88 bits per heavy atom. The predicted molar refractivity (Wildman–Crippen MR) is 71.6 cm³/mol. The lowest BCUT2D eigenvalue weighted by Gasteiger charge is -2.35. The highest BCUT2D eigenvalue weighted by atomic mass is 35.5. The van der Waals surface area contributed by atoms with E-state index in [0.717, 1.165) is 31.2 Å². The van der Waals surface area contributed by atoms with E-state index in [4.69, 9.17) is 28.9 Å². The van der Waals surface area contributed by atoms with Gasteiger partial charge in [-0.05, 0) is 43.4 Å². The van der Waals surface area contributed by atoms with E-state index in [9.17, 15) is 5.11 Å². The van der Waals surface area contributed by atoms with E-state index in [1.807, 2.05) is 12.1 Å². The lowest BCUT2D eigenvalue weighted by molar-refractivity contribution is 0.000219. The van der Waals surface area contributed by atoms with Crippen LogP contribution in [-0.2, 0) is 6.42 Å². The van der Waals surface area contributed by atoms with E-state index in [0.29, 0.717) is 16.5 Å². The maximum Gasteiger partial charge on any atom is 0.0689 e. The third-order valence-corrected chi connectivity index (χ3v) is 4.22. The molecule has 0 radical (unpaired) electrons. The van der Waals surface area contributed by atoms with Gasteiger partial charge in [-0.25, -0.2) is 0 Å². The fraction of sp³-hybridized carbons (Fsp3) is 0.538. The topological polar surface area (TPSA) is 46.2 Å². The Kier molecular flexibility index (Phi) is 3.99. The van der Waals surface area contributed by atoms with E-state index < -0.39 is 5.60 Å². The number of hydrogen-bond donors (Lipinski definition) is 2. The molecule has 0 amide bonds. The Bertz CT molecular complexity index is 400. The highest BCUT2D eigenvalue weighted by Gasteiger charge is 2.32. The smallest absolute Gasteiger partial charge is 0.0689 e. The van der Waals surface area contributed by atoms with Gasteiger partial charge in [0.15, 0.2) is 0 Å². The first-order valence-electron chi connectivity index (χ1n) is 5.90. The molecule has 0 aromatic heterocycles. The van der Waals surface area contributed by atoms with E-state index >= 15 is 0 Å². The molecule has 0 saturated heterocycles. The minimum Gasteiger partial charge on any atom is -0.390 e. The molecule has 1 aliphatic carbocycles. The molecule has 4 heteroatoms. The molecule has 0 aliphatic heterocycles. The zero-order chi connectivity index (χ0) is 12.5. The van der Waals surface area contributed by atoms with Crippen molar-refractivity contribution in [1.82, 2.24) is 0 Å². The molecule has 94 valence electrons. The Morgan fingerprint density at radius 3 is 2.47 bits per heavy atom. The van der Waals surface area contributed by atoms with Gasteiger partial charge in [-0.15, -0.1) is 0 Å². The monoisotopic (exact) mass is 273 g/mol. The lowest BCUT2D eigenvalue weighted by Crippen LogP contribution is -2.40. The maximum atomic E-state index is 10.5. The molecule has 0 unspecified atom stereocenters. The molecular formula is C13H17Cl2NO. The summed E-state index contributed by atoms with van der Waals surface area (Å²) in [6.45, 7) is 0. The van der Waals surface area contributed by atoms with Gasteiger partial charge in [0, 0.05) is 12.5 Å². The van der Waals surface area contributed by atoms with Crippen molar-refractivity contribution in [1.29, 1.82) is 0 Å². The molecule has 1 fully saturated rings. The second kappa shape index (κ2) is 5.15.